The Bertz CT molecular complexity index is 439. The van der Waals surface area contributed by atoms with E-state index in [-0.39, 0.29) is 11.0 Å². The highest BCUT2D eigenvalue weighted by molar-refractivity contribution is 8.13. The summed E-state index contributed by atoms with van der Waals surface area (Å²) in [5.41, 5.74) is 0.977. The molecule has 0 radical (unpaired) electrons. The van der Waals surface area contributed by atoms with Gasteiger partial charge in [0, 0.05) is 17.3 Å². The standard InChI is InChI=1S/C12H17ClO3S/c1-3-9-16-12(4-2)10-5-7-11(8-6-10)17(13,14)15/h5-8,12H,3-4,9H2,1-2H3. The van der Waals surface area contributed by atoms with Crippen molar-refractivity contribution in [1.29, 1.82) is 0 Å². The fourth-order valence-corrected chi connectivity index (χ4v) is 2.32. The Morgan fingerprint density at radius 2 is 1.82 bits per heavy atom. The van der Waals surface area contributed by atoms with E-state index < -0.39 is 9.05 Å². The first kappa shape index (κ1) is 14.5. The molecule has 5 heteroatoms. The number of hydrogen-bond acceptors (Lipinski definition) is 3. The van der Waals surface area contributed by atoms with Crippen LogP contribution in [0.1, 0.15) is 38.4 Å². The van der Waals surface area contributed by atoms with Crippen LogP contribution in [0.4, 0.5) is 0 Å². The average molecular weight is 277 g/mol. The molecule has 1 aromatic rings. The predicted molar refractivity (Wildman–Crippen MR) is 68.8 cm³/mol. The van der Waals surface area contributed by atoms with Crippen LogP contribution in [0.2, 0.25) is 0 Å². The second-order valence-corrected chi connectivity index (χ2v) is 6.34. The third-order valence-electron chi connectivity index (χ3n) is 2.43. The van der Waals surface area contributed by atoms with E-state index in [9.17, 15) is 8.42 Å². The topological polar surface area (TPSA) is 43.4 Å². The first-order valence-corrected chi connectivity index (χ1v) is 7.96. The van der Waals surface area contributed by atoms with E-state index in [0.717, 1.165) is 18.4 Å². The molecule has 0 aromatic heterocycles. The summed E-state index contributed by atoms with van der Waals surface area (Å²) in [5.74, 6) is 0. The van der Waals surface area contributed by atoms with Crippen molar-refractivity contribution >= 4 is 19.7 Å². The van der Waals surface area contributed by atoms with Crippen LogP contribution in [0.5, 0.6) is 0 Å². The molecule has 96 valence electrons. The molecule has 0 aliphatic heterocycles. The van der Waals surface area contributed by atoms with Gasteiger partial charge in [0.2, 0.25) is 0 Å². The normalized spacial score (nSPS) is 13.6. The van der Waals surface area contributed by atoms with Crippen LogP contribution in [-0.2, 0) is 13.8 Å². The van der Waals surface area contributed by atoms with Crippen LogP contribution in [0.3, 0.4) is 0 Å². The smallest absolute Gasteiger partial charge is 0.261 e. The fraction of sp³-hybridized carbons (Fsp3) is 0.500. The Balaban J connectivity index is 2.85. The molecule has 0 amide bonds. The average Bonchev–Trinajstić information content (AvgIpc) is 2.29. The van der Waals surface area contributed by atoms with Gasteiger partial charge in [-0.05, 0) is 30.5 Å². The molecule has 0 N–H and O–H groups in total. The number of rotatable bonds is 6. The van der Waals surface area contributed by atoms with E-state index in [4.69, 9.17) is 15.4 Å². The van der Waals surface area contributed by atoms with E-state index in [1.54, 1.807) is 12.1 Å². The molecule has 3 nitrogen and oxygen atoms in total. The molecular formula is C12H17ClO3S. The van der Waals surface area contributed by atoms with Crippen molar-refractivity contribution in [1.82, 2.24) is 0 Å². The summed E-state index contributed by atoms with van der Waals surface area (Å²) >= 11 is 0. The number of halogens is 1. The van der Waals surface area contributed by atoms with Crippen molar-refractivity contribution in [3.05, 3.63) is 29.8 Å². The van der Waals surface area contributed by atoms with Crippen LogP contribution >= 0.6 is 10.7 Å². The molecule has 1 unspecified atom stereocenters. The molecule has 0 fully saturated rings. The molecular weight excluding hydrogens is 260 g/mol. The van der Waals surface area contributed by atoms with Crippen molar-refractivity contribution in [3.63, 3.8) is 0 Å². The summed E-state index contributed by atoms with van der Waals surface area (Å²) in [7, 11) is 1.61. The lowest BCUT2D eigenvalue weighted by Gasteiger charge is -2.16. The minimum atomic E-state index is -3.64. The first-order valence-electron chi connectivity index (χ1n) is 5.65. The largest absolute Gasteiger partial charge is 0.374 e. The van der Waals surface area contributed by atoms with Crippen LogP contribution in [0, 0.1) is 0 Å². The molecule has 0 aliphatic carbocycles. The van der Waals surface area contributed by atoms with Crippen LogP contribution < -0.4 is 0 Å². The van der Waals surface area contributed by atoms with E-state index in [0.29, 0.717) is 6.61 Å². The Labute approximate surface area is 107 Å². The number of ether oxygens (including phenoxy) is 1. The van der Waals surface area contributed by atoms with Gasteiger partial charge in [0.15, 0.2) is 0 Å². The van der Waals surface area contributed by atoms with Crippen molar-refractivity contribution in [2.45, 2.75) is 37.7 Å². The second-order valence-electron chi connectivity index (χ2n) is 3.77. The van der Waals surface area contributed by atoms with Crippen LogP contribution in [0.25, 0.3) is 0 Å². The van der Waals surface area contributed by atoms with Gasteiger partial charge in [-0.1, -0.05) is 26.0 Å². The summed E-state index contributed by atoms with van der Waals surface area (Å²) in [5, 5.41) is 0. The lowest BCUT2D eigenvalue weighted by molar-refractivity contribution is 0.0504. The monoisotopic (exact) mass is 276 g/mol. The molecule has 0 heterocycles. The first-order chi connectivity index (χ1) is 7.99. The van der Waals surface area contributed by atoms with Gasteiger partial charge in [-0.25, -0.2) is 8.42 Å². The van der Waals surface area contributed by atoms with E-state index in [1.807, 2.05) is 6.92 Å². The molecule has 17 heavy (non-hydrogen) atoms. The predicted octanol–water partition coefficient (Wildman–Crippen LogP) is 3.49. The molecule has 1 aromatic carbocycles. The van der Waals surface area contributed by atoms with Gasteiger partial charge in [-0.2, -0.15) is 0 Å². The maximum atomic E-state index is 11.1. The lowest BCUT2D eigenvalue weighted by atomic mass is 10.1. The van der Waals surface area contributed by atoms with Crippen molar-refractivity contribution in [2.75, 3.05) is 6.61 Å². The Kier molecular flexibility index (Phi) is 5.43. The van der Waals surface area contributed by atoms with Gasteiger partial charge in [-0.3, -0.25) is 0 Å². The van der Waals surface area contributed by atoms with Crippen LogP contribution in [0.15, 0.2) is 29.2 Å². The Morgan fingerprint density at radius 3 is 2.24 bits per heavy atom. The summed E-state index contributed by atoms with van der Waals surface area (Å²) < 4.78 is 27.8. The van der Waals surface area contributed by atoms with Gasteiger partial charge in [0.25, 0.3) is 9.05 Å². The number of hydrogen-bond donors (Lipinski definition) is 0. The molecule has 0 spiro atoms. The molecule has 1 atom stereocenters. The second kappa shape index (κ2) is 6.38. The van der Waals surface area contributed by atoms with Crippen molar-refractivity contribution < 1.29 is 13.2 Å². The molecule has 0 saturated carbocycles. The zero-order valence-corrected chi connectivity index (χ0v) is 11.6. The highest BCUT2D eigenvalue weighted by Gasteiger charge is 2.13. The Hall–Kier alpha value is -0.580. The third kappa shape index (κ3) is 4.30. The zero-order valence-electron chi connectivity index (χ0n) is 10.0. The summed E-state index contributed by atoms with van der Waals surface area (Å²) in [6, 6.07) is 6.52. The SMILES string of the molecule is CCCOC(CC)c1ccc(S(=O)(=O)Cl)cc1. The summed E-state index contributed by atoms with van der Waals surface area (Å²) in [6.07, 6.45) is 1.83. The fourth-order valence-electron chi connectivity index (χ4n) is 1.55. The van der Waals surface area contributed by atoms with E-state index in [2.05, 4.69) is 6.92 Å². The minimum Gasteiger partial charge on any atom is -0.374 e. The van der Waals surface area contributed by atoms with Gasteiger partial charge in [0.05, 0.1) is 11.0 Å². The molecule has 1 rings (SSSR count). The number of benzene rings is 1. The Morgan fingerprint density at radius 1 is 1.24 bits per heavy atom. The quantitative estimate of drug-likeness (QED) is 0.747. The highest BCUT2D eigenvalue weighted by Crippen LogP contribution is 2.23. The molecule has 0 aliphatic rings. The molecule has 0 saturated heterocycles. The van der Waals surface area contributed by atoms with E-state index in [1.165, 1.54) is 12.1 Å². The zero-order chi connectivity index (χ0) is 12.9. The minimum absolute atomic E-state index is 0.0158. The van der Waals surface area contributed by atoms with Crippen molar-refractivity contribution in [3.8, 4) is 0 Å². The maximum Gasteiger partial charge on any atom is 0.261 e. The summed E-state index contributed by atoms with van der Waals surface area (Å²) in [6.45, 7) is 4.79. The van der Waals surface area contributed by atoms with Gasteiger partial charge in [-0.15, -0.1) is 0 Å². The van der Waals surface area contributed by atoms with Crippen molar-refractivity contribution in [2.24, 2.45) is 0 Å². The van der Waals surface area contributed by atoms with Gasteiger partial charge < -0.3 is 4.74 Å². The van der Waals surface area contributed by atoms with Gasteiger partial charge in [0.1, 0.15) is 0 Å². The maximum absolute atomic E-state index is 11.1. The lowest BCUT2D eigenvalue weighted by Crippen LogP contribution is -2.04. The van der Waals surface area contributed by atoms with Gasteiger partial charge >= 0.3 is 0 Å². The third-order valence-corrected chi connectivity index (χ3v) is 3.80. The summed E-state index contributed by atoms with van der Waals surface area (Å²) in [4.78, 5) is 0.119. The van der Waals surface area contributed by atoms with E-state index >= 15 is 0 Å². The highest BCUT2D eigenvalue weighted by atomic mass is 35.7. The molecule has 0 bridgehead atoms. The van der Waals surface area contributed by atoms with Crippen LogP contribution in [-0.4, -0.2) is 15.0 Å².